The van der Waals surface area contributed by atoms with E-state index in [0.717, 1.165) is 0 Å². The van der Waals surface area contributed by atoms with Gasteiger partial charge in [0.25, 0.3) is 0 Å². The lowest BCUT2D eigenvalue weighted by molar-refractivity contribution is -0.137. The Hall–Kier alpha value is -1.46. The summed E-state index contributed by atoms with van der Waals surface area (Å²) < 4.78 is 35.7. The van der Waals surface area contributed by atoms with Gasteiger partial charge in [-0.2, -0.15) is 13.2 Å². The maximum Gasteiger partial charge on any atom is 0.416 e. The molecule has 1 heterocycles. The number of halogens is 3. The molecule has 0 spiro atoms. The van der Waals surface area contributed by atoms with E-state index in [1.54, 1.807) is 4.98 Å². The SMILES string of the molecule is [N]c1cc(C(F)(F)F)cc(=O)[nH]1. The van der Waals surface area contributed by atoms with Crippen LogP contribution in [0, 0.1) is 0 Å². The fourth-order valence-electron chi connectivity index (χ4n) is 0.692. The zero-order chi connectivity index (χ0) is 9.35. The minimum Gasteiger partial charge on any atom is -0.306 e. The van der Waals surface area contributed by atoms with Crippen LogP contribution in [-0.2, 0) is 6.18 Å². The lowest BCUT2D eigenvalue weighted by atomic mass is 10.2. The summed E-state index contributed by atoms with van der Waals surface area (Å²) in [6.07, 6.45) is -4.61. The van der Waals surface area contributed by atoms with Gasteiger partial charge in [-0.25, -0.2) is 0 Å². The van der Waals surface area contributed by atoms with Gasteiger partial charge in [0.05, 0.1) is 5.56 Å². The fraction of sp³-hybridized carbons (Fsp3) is 0.167. The predicted octanol–water partition coefficient (Wildman–Crippen LogP) is 1.09. The summed E-state index contributed by atoms with van der Waals surface area (Å²) in [5, 5.41) is 0. The molecule has 12 heavy (non-hydrogen) atoms. The molecule has 0 unspecified atom stereocenters. The lowest BCUT2D eigenvalue weighted by Gasteiger charge is -2.04. The van der Waals surface area contributed by atoms with Crippen molar-refractivity contribution < 1.29 is 13.2 Å². The Balaban J connectivity index is 3.27. The Morgan fingerprint density at radius 1 is 1.33 bits per heavy atom. The van der Waals surface area contributed by atoms with Crippen LogP contribution in [0.2, 0.25) is 0 Å². The Morgan fingerprint density at radius 3 is 2.33 bits per heavy atom. The van der Waals surface area contributed by atoms with Crippen LogP contribution < -0.4 is 11.3 Å². The molecule has 0 aliphatic rings. The third kappa shape index (κ3) is 1.77. The van der Waals surface area contributed by atoms with Gasteiger partial charge in [0.1, 0.15) is 0 Å². The molecule has 6 heteroatoms. The second kappa shape index (κ2) is 2.54. The van der Waals surface area contributed by atoms with Gasteiger partial charge < -0.3 is 4.98 Å². The van der Waals surface area contributed by atoms with Gasteiger partial charge in [0, 0.05) is 6.07 Å². The number of hydrogen-bond acceptors (Lipinski definition) is 1. The summed E-state index contributed by atoms with van der Waals surface area (Å²) in [7, 11) is 0. The van der Waals surface area contributed by atoms with Crippen molar-refractivity contribution in [2.24, 2.45) is 0 Å². The highest BCUT2D eigenvalue weighted by molar-refractivity contribution is 5.29. The third-order valence-corrected chi connectivity index (χ3v) is 1.16. The largest absolute Gasteiger partial charge is 0.416 e. The van der Waals surface area contributed by atoms with E-state index in [1.165, 1.54) is 0 Å². The Labute approximate surface area is 65.0 Å². The van der Waals surface area contributed by atoms with Crippen LogP contribution in [0.3, 0.4) is 0 Å². The summed E-state index contributed by atoms with van der Waals surface area (Å²) in [5.74, 6) is -0.796. The fourth-order valence-corrected chi connectivity index (χ4v) is 0.692. The minimum absolute atomic E-state index is 0.375. The van der Waals surface area contributed by atoms with E-state index in [4.69, 9.17) is 5.73 Å². The van der Waals surface area contributed by atoms with Crippen molar-refractivity contribution >= 4 is 5.82 Å². The van der Waals surface area contributed by atoms with E-state index >= 15 is 0 Å². The molecule has 0 fully saturated rings. The summed E-state index contributed by atoms with van der Waals surface area (Å²) in [6, 6.07) is 0.821. The van der Waals surface area contributed by atoms with Crippen molar-refractivity contribution in [1.82, 2.24) is 10.7 Å². The van der Waals surface area contributed by atoms with E-state index in [1.807, 2.05) is 0 Å². The quantitative estimate of drug-likeness (QED) is 0.632. The lowest BCUT2D eigenvalue weighted by Crippen LogP contribution is -2.12. The Kier molecular flexibility index (Phi) is 1.83. The normalized spacial score (nSPS) is 11.6. The number of aromatic nitrogens is 1. The topological polar surface area (TPSA) is 55.2 Å². The molecule has 0 atom stereocenters. The molecule has 1 rings (SSSR count). The number of nitrogens with one attached hydrogen (secondary N) is 1. The highest BCUT2D eigenvalue weighted by Crippen LogP contribution is 2.28. The number of alkyl halides is 3. The van der Waals surface area contributed by atoms with Gasteiger partial charge in [-0.3, -0.25) is 4.79 Å². The van der Waals surface area contributed by atoms with E-state index in [-0.39, 0.29) is 0 Å². The van der Waals surface area contributed by atoms with Crippen LogP contribution in [0.5, 0.6) is 0 Å². The second-order valence-corrected chi connectivity index (χ2v) is 2.12. The molecule has 1 N–H and O–H groups in total. The number of rotatable bonds is 0. The first-order chi connectivity index (χ1) is 5.39. The van der Waals surface area contributed by atoms with Crippen LogP contribution in [0.1, 0.15) is 5.56 Å². The van der Waals surface area contributed by atoms with Gasteiger partial charge in [-0.05, 0) is 6.07 Å². The third-order valence-electron chi connectivity index (χ3n) is 1.16. The zero-order valence-electron chi connectivity index (χ0n) is 5.64. The van der Waals surface area contributed by atoms with Crippen LogP contribution in [0.15, 0.2) is 16.9 Å². The molecule has 3 nitrogen and oxygen atoms in total. The molecule has 0 aliphatic carbocycles. The molecule has 0 saturated carbocycles. The monoisotopic (exact) mass is 176 g/mol. The molecule has 1 aromatic heterocycles. The van der Waals surface area contributed by atoms with Gasteiger partial charge in [-0.15, -0.1) is 5.73 Å². The van der Waals surface area contributed by atoms with Crippen molar-refractivity contribution in [2.45, 2.75) is 6.18 Å². The predicted molar refractivity (Wildman–Crippen MR) is 33.9 cm³/mol. The maximum absolute atomic E-state index is 11.9. The second-order valence-electron chi connectivity index (χ2n) is 2.12. The standard InChI is InChI=1S/C6H3F3N2O/c7-6(8,9)3-1-4(10)11-5(12)2-3/h1-2H,(H,11,12). The van der Waals surface area contributed by atoms with Crippen molar-refractivity contribution in [2.75, 3.05) is 0 Å². The molecule has 0 amide bonds. The molecule has 0 aliphatic heterocycles. The van der Waals surface area contributed by atoms with Crippen LogP contribution in [-0.4, -0.2) is 4.98 Å². The van der Waals surface area contributed by atoms with Gasteiger partial charge >= 0.3 is 6.18 Å². The number of H-pyrrole nitrogens is 1. The van der Waals surface area contributed by atoms with Crippen molar-refractivity contribution in [3.63, 3.8) is 0 Å². The first kappa shape index (κ1) is 8.63. The first-order valence-electron chi connectivity index (χ1n) is 2.90. The molecule has 64 valence electrons. The Bertz CT molecular complexity index is 341. The summed E-state index contributed by atoms with van der Waals surface area (Å²) >= 11 is 0. The molecular weight excluding hydrogens is 173 g/mol. The molecule has 1 aromatic rings. The Morgan fingerprint density at radius 2 is 1.92 bits per heavy atom. The van der Waals surface area contributed by atoms with E-state index in [0.29, 0.717) is 12.1 Å². The van der Waals surface area contributed by atoms with Crippen LogP contribution in [0.4, 0.5) is 19.0 Å². The van der Waals surface area contributed by atoms with Gasteiger partial charge in [-0.1, -0.05) is 0 Å². The van der Waals surface area contributed by atoms with Crippen molar-refractivity contribution in [3.8, 4) is 0 Å². The van der Waals surface area contributed by atoms with Crippen molar-refractivity contribution in [1.29, 1.82) is 0 Å². The molecule has 0 aromatic carbocycles. The van der Waals surface area contributed by atoms with E-state index in [2.05, 4.69) is 0 Å². The zero-order valence-corrected chi connectivity index (χ0v) is 5.64. The molecule has 0 bridgehead atoms. The van der Waals surface area contributed by atoms with Crippen LogP contribution >= 0.6 is 0 Å². The molecule has 2 radical (unpaired) electrons. The first-order valence-corrected chi connectivity index (χ1v) is 2.90. The molecular formula is C6H3F3N2O. The molecule has 0 saturated heterocycles. The van der Waals surface area contributed by atoms with Crippen LogP contribution in [0.25, 0.3) is 0 Å². The average Bonchev–Trinajstić information content (AvgIpc) is 1.82. The number of nitrogens with zero attached hydrogens (tertiary/aromatic N) is 1. The summed E-state index contributed by atoms with van der Waals surface area (Å²) in [5.41, 5.74) is 6.45. The smallest absolute Gasteiger partial charge is 0.306 e. The summed E-state index contributed by atoms with van der Waals surface area (Å²) in [6.45, 7) is 0. The highest BCUT2D eigenvalue weighted by atomic mass is 19.4. The maximum atomic E-state index is 11.9. The average molecular weight is 176 g/mol. The van der Waals surface area contributed by atoms with Crippen molar-refractivity contribution in [3.05, 3.63) is 28.0 Å². The van der Waals surface area contributed by atoms with E-state index in [9.17, 15) is 18.0 Å². The highest BCUT2D eigenvalue weighted by Gasteiger charge is 2.31. The minimum atomic E-state index is -4.61. The van der Waals surface area contributed by atoms with E-state index < -0.39 is 23.1 Å². The number of aromatic amines is 1. The summed E-state index contributed by atoms with van der Waals surface area (Å²) in [4.78, 5) is 12.2. The van der Waals surface area contributed by atoms with Gasteiger partial charge in [0.15, 0.2) is 5.82 Å². The van der Waals surface area contributed by atoms with Gasteiger partial charge in [0.2, 0.25) is 5.56 Å². The number of hydrogen-bond donors (Lipinski definition) is 1. The number of pyridine rings is 1.